The number of aryl methyl sites for hydroxylation is 4. The molecule has 268 valence electrons. The number of anilines is 3. The van der Waals surface area contributed by atoms with Crippen LogP contribution in [-0.4, -0.2) is 32.7 Å². The molecule has 0 unspecified atom stereocenters. The standard InChI is InChI=1S/C41H31N5O5S3/c1-23-10-14-30(18-25(23)3)44-38(48)32(39(49)45(41(44)52)31-15-11-24(2)26(4)19-31)20-27-12-17-35(34(21-27)46(50)51)53-40-43-33-16-13-29(22-36(33)54-40)42-37(47)28-8-6-5-7-9-28/h5-22H,1-4H3,(H,42,47). The highest BCUT2D eigenvalue weighted by molar-refractivity contribution is 8.01. The second kappa shape index (κ2) is 14.8. The minimum Gasteiger partial charge on any atom is -0.322 e. The van der Waals surface area contributed by atoms with Gasteiger partial charge in [-0.3, -0.25) is 34.3 Å². The summed E-state index contributed by atoms with van der Waals surface area (Å²) in [6.45, 7) is 7.77. The van der Waals surface area contributed by atoms with Crippen molar-refractivity contribution in [2.75, 3.05) is 15.1 Å². The third-order valence-electron chi connectivity index (χ3n) is 9.10. The molecular formula is C41H31N5O5S3. The summed E-state index contributed by atoms with van der Waals surface area (Å²) in [5, 5.41) is 15.3. The van der Waals surface area contributed by atoms with E-state index in [-0.39, 0.29) is 22.3 Å². The number of benzene rings is 5. The Labute approximate surface area is 324 Å². The summed E-state index contributed by atoms with van der Waals surface area (Å²) in [6.07, 6.45) is 1.37. The highest BCUT2D eigenvalue weighted by Crippen LogP contribution is 2.40. The van der Waals surface area contributed by atoms with Crippen molar-refractivity contribution < 1.29 is 19.3 Å². The summed E-state index contributed by atoms with van der Waals surface area (Å²) in [7, 11) is 0. The first-order valence-electron chi connectivity index (χ1n) is 16.7. The van der Waals surface area contributed by atoms with Gasteiger partial charge < -0.3 is 5.32 Å². The molecule has 3 amide bonds. The molecule has 5 aromatic carbocycles. The zero-order chi connectivity index (χ0) is 38.3. The Balaban J connectivity index is 1.21. The highest BCUT2D eigenvalue weighted by Gasteiger charge is 2.41. The quantitative estimate of drug-likeness (QED) is 0.0534. The molecule has 10 nitrogen and oxygen atoms in total. The first-order chi connectivity index (χ1) is 25.9. The Morgan fingerprint density at radius 3 is 2.04 bits per heavy atom. The van der Waals surface area contributed by atoms with Crippen molar-refractivity contribution in [3.63, 3.8) is 0 Å². The van der Waals surface area contributed by atoms with Gasteiger partial charge in [0.15, 0.2) is 9.45 Å². The number of hydrogen-bond acceptors (Lipinski definition) is 9. The summed E-state index contributed by atoms with van der Waals surface area (Å²) in [5.74, 6) is -1.51. The average Bonchev–Trinajstić information content (AvgIpc) is 3.55. The summed E-state index contributed by atoms with van der Waals surface area (Å²) < 4.78 is 1.35. The van der Waals surface area contributed by atoms with E-state index in [1.54, 1.807) is 60.7 Å². The van der Waals surface area contributed by atoms with Crippen molar-refractivity contribution >= 4 is 97.2 Å². The number of hydrogen-bond donors (Lipinski definition) is 1. The van der Waals surface area contributed by atoms with E-state index in [2.05, 4.69) is 10.3 Å². The zero-order valence-electron chi connectivity index (χ0n) is 29.4. The number of thiazole rings is 1. The Morgan fingerprint density at radius 1 is 0.815 bits per heavy atom. The Kier molecular flexibility index (Phi) is 9.95. The summed E-state index contributed by atoms with van der Waals surface area (Å²) in [4.78, 5) is 60.5. The molecule has 0 aliphatic carbocycles. The van der Waals surface area contributed by atoms with Gasteiger partial charge in [0, 0.05) is 17.3 Å². The molecule has 0 radical (unpaired) electrons. The van der Waals surface area contributed by atoms with E-state index in [0.717, 1.165) is 38.7 Å². The Bertz CT molecular complexity index is 2510. The first kappa shape index (κ1) is 36.3. The van der Waals surface area contributed by atoms with Crippen LogP contribution in [0.25, 0.3) is 16.3 Å². The molecule has 1 fully saturated rings. The molecule has 1 aliphatic rings. The van der Waals surface area contributed by atoms with E-state index in [0.29, 0.717) is 42.9 Å². The maximum atomic E-state index is 14.2. The Morgan fingerprint density at radius 2 is 1.44 bits per heavy atom. The minimum absolute atomic E-state index is 0.00733. The second-order valence-corrected chi connectivity index (χ2v) is 15.4. The van der Waals surface area contributed by atoms with Gasteiger partial charge in [-0.25, -0.2) is 4.98 Å². The lowest BCUT2D eigenvalue weighted by Crippen LogP contribution is -2.57. The molecule has 1 aliphatic heterocycles. The van der Waals surface area contributed by atoms with Crippen molar-refractivity contribution in [2.45, 2.75) is 36.9 Å². The number of nitrogens with zero attached hydrogens (tertiary/aromatic N) is 4. The van der Waals surface area contributed by atoms with E-state index in [9.17, 15) is 24.5 Å². The SMILES string of the molecule is Cc1ccc(N2C(=O)C(=Cc3ccc(Sc4nc5ccc(NC(=O)c6ccccc6)cc5s4)c([N+](=O)[O-])c3)C(=O)N(c3ccc(C)c(C)c3)C2=S)cc1C. The van der Waals surface area contributed by atoms with Crippen LogP contribution in [0.4, 0.5) is 22.7 Å². The zero-order valence-corrected chi connectivity index (χ0v) is 31.9. The van der Waals surface area contributed by atoms with Gasteiger partial charge in [0.05, 0.1) is 31.4 Å². The number of thiocarbonyl (C=S) groups is 1. The topological polar surface area (TPSA) is 126 Å². The van der Waals surface area contributed by atoms with Gasteiger partial charge in [0.25, 0.3) is 23.4 Å². The lowest BCUT2D eigenvalue weighted by Gasteiger charge is -2.37. The molecule has 1 N–H and O–H groups in total. The second-order valence-electron chi connectivity index (χ2n) is 12.7. The largest absolute Gasteiger partial charge is 0.322 e. The van der Waals surface area contributed by atoms with Crippen molar-refractivity contribution in [3.05, 3.63) is 152 Å². The van der Waals surface area contributed by atoms with Crippen molar-refractivity contribution in [2.24, 2.45) is 0 Å². The Hall–Kier alpha value is -6.02. The fraction of sp³-hybridized carbons (Fsp3) is 0.0976. The number of nitrogens with one attached hydrogen (secondary N) is 1. The number of nitro benzene ring substituents is 1. The molecule has 0 atom stereocenters. The van der Waals surface area contributed by atoms with E-state index in [1.165, 1.54) is 33.3 Å². The van der Waals surface area contributed by atoms with E-state index in [1.807, 2.05) is 64.1 Å². The average molecular weight is 770 g/mol. The predicted molar refractivity (Wildman–Crippen MR) is 219 cm³/mol. The van der Waals surface area contributed by atoms with Crippen molar-refractivity contribution in [3.8, 4) is 0 Å². The molecule has 6 aromatic rings. The lowest BCUT2D eigenvalue weighted by molar-refractivity contribution is -0.387. The van der Waals surface area contributed by atoms with Crippen LogP contribution in [0.2, 0.25) is 0 Å². The van der Waals surface area contributed by atoms with Crippen LogP contribution in [0.15, 0.2) is 118 Å². The first-order valence-corrected chi connectivity index (χ1v) is 18.7. The van der Waals surface area contributed by atoms with E-state index >= 15 is 0 Å². The number of carbonyl (C=O) groups excluding carboxylic acids is 3. The maximum absolute atomic E-state index is 14.2. The molecule has 1 saturated heterocycles. The number of nitro groups is 1. The highest BCUT2D eigenvalue weighted by atomic mass is 32.2. The molecule has 0 bridgehead atoms. The molecule has 7 rings (SSSR count). The van der Waals surface area contributed by atoms with Crippen LogP contribution in [0.5, 0.6) is 0 Å². The molecular weight excluding hydrogens is 739 g/mol. The summed E-state index contributed by atoms with van der Waals surface area (Å²) in [6, 6.07) is 29.8. The number of rotatable bonds is 8. The van der Waals surface area contributed by atoms with Crippen molar-refractivity contribution in [1.82, 2.24) is 4.98 Å². The van der Waals surface area contributed by atoms with Crippen LogP contribution in [0.1, 0.15) is 38.2 Å². The van der Waals surface area contributed by atoms with E-state index in [4.69, 9.17) is 12.2 Å². The smallest absolute Gasteiger partial charge is 0.283 e. The number of amides is 3. The van der Waals surface area contributed by atoms with Gasteiger partial charge in [-0.2, -0.15) is 0 Å². The van der Waals surface area contributed by atoms with Gasteiger partial charge in [0.1, 0.15) is 5.57 Å². The van der Waals surface area contributed by atoms with Crippen LogP contribution in [0, 0.1) is 37.8 Å². The third kappa shape index (κ3) is 7.16. The molecule has 54 heavy (non-hydrogen) atoms. The molecule has 0 spiro atoms. The number of fused-ring (bicyclic) bond motifs is 1. The fourth-order valence-electron chi connectivity index (χ4n) is 5.85. The third-order valence-corrected chi connectivity index (χ3v) is 11.6. The monoisotopic (exact) mass is 769 g/mol. The molecule has 2 heterocycles. The van der Waals surface area contributed by atoms with Crippen LogP contribution in [0.3, 0.4) is 0 Å². The van der Waals surface area contributed by atoms with Gasteiger partial charge in [-0.15, -0.1) is 11.3 Å². The maximum Gasteiger partial charge on any atom is 0.283 e. The molecule has 1 aromatic heterocycles. The van der Waals surface area contributed by atoms with Gasteiger partial charge in [-0.05, 0) is 134 Å². The van der Waals surface area contributed by atoms with Gasteiger partial charge >= 0.3 is 0 Å². The lowest BCUT2D eigenvalue weighted by atomic mass is 10.0. The minimum atomic E-state index is -0.636. The van der Waals surface area contributed by atoms with Crippen LogP contribution in [-0.2, 0) is 9.59 Å². The van der Waals surface area contributed by atoms with Gasteiger partial charge in [-0.1, -0.05) is 48.2 Å². The summed E-state index contributed by atoms with van der Waals surface area (Å²) in [5.41, 5.74) is 6.62. The molecule has 0 saturated carbocycles. The fourth-order valence-corrected chi connectivity index (χ4v) is 8.37. The summed E-state index contributed by atoms with van der Waals surface area (Å²) >= 11 is 8.28. The predicted octanol–water partition coefficient (Wildman–Crippen LogP) is 9.59. The van der Waals surface area contributed by atoms with E-state index < -0.39 is 16.7 Å². The van der Waals surface area contributed by atoms with Gasteiger partial charge in [0.2, 0.25) is 0 Å². The van der Waals surface area contributed by atoms with Crippen LogP contribution < -0.4 is 15.1 Å². The number of carbonyl (C=O) groups is 3. The number of aromatic nitrogens is 1. The molecule has 13 heteroatoms. The normalized spacial score (nSPS) is 13.1. The van der Waals surface area contributed by atoms with Crippen molar-refractivity contribution in [1.29, 1.82) is 0 Å². The van der Waals surface area contributed by atoms with Crippen LogP contribution >= 0.6 is 35.3 Å².